The lowest BCUT2D eigenvalue weighted by atomic mass is 9.96. The van der Waals surface area contributed by atoms with Crippen LogP contribution in [-0.4, -0.2) is 39.0 Å². The minimum absolute atomic E-state index is 0.109. The third-order valence-corrected chi connectivity index (χ3v) is 5.48. The number of thiazole rings is 1. The van der Waals surface area contributed by atoms with Gasteiger partial charge in [0.25, 0.3) is 0 Å². The Morgan fingerprint density at radius 3 is 2.73 bits per heavy atom. The highest BCUT2D eigenvalue weighted by Crippen LogP contribution is 2.28. The van der Waals surface area contributed by atoms with Crippen molar-refractivity contribution in [2.45, 2.75) is 39.0 Å². The molecule has 1 saturated heterocycles. The van der Waals surface area contributed by atoms with Gasteiger partial charge in [0.1, 0.15) is 5.76 Å². The van der Waals surface area contributed by atoms with Gasteiger partial charge in [0, 0.05) is 24.4 Å². The quantitative estimate of drug-likeness (QED) is 0.698. The van der Waals surface area contributed by atoms with E-state index < -0.39 is 0 Å². The van der Waals surface area contributed by atoms with Crippen molar-refractivity contribution in [3.05, 3.63) is 40.7 Å². The highest BCUT2D eigenvalue weighted by Gasteiger charge is 2.27. The molecule has 0 radical (unpaired) electrons. The number of furan rings is 1. The first-order valence-electron chi connectivity index (χ1n) is 8.67. The number of aryl methyl sites for hydroxylation is 2. The summed E-state index contributed by atoms with van der Waals surface area (Å²) >= 11 is 1.50. The van der Waals surface area contributed by atoms with Crippen LogP contribution in [0.5, 0.6) is 0 Å². The van der Waals surface area contributed by atoms with Crippen LogP contribution in [0.3, 0.4) is 0 Å². The Hall–Kier alpha value is -2.48. The molecule has 1 fully saturated rings. The number of hydrogen-bond donors (Lipinski definition) is 0. The molecule has 7 nitrogen and oxygen atoms in total. The molecule has 0 bridgehead atoms. The Morgan fingerprint density at radius 2 is 2.08 bits per heavy atom. The molecular formula is C18H20N4O3S. The lowest BCUT2D eigenvalue weighted by molar-refractivity contribution is -0.131. The van der Waals surface area contributed by atoms with E-state index in [2.05, 4.69) is 15.1 Å². The van der Waals surface area contributed by atoms with E-state index >= 15 is 0 Å². The number of carbonyl (C=O) groups excluding carboxylic acids is 1. The summed E-state index contributed by atoms with van der Waals surface area (Å²) in [5.74, 6) is 3.30. The average molecular weight is 372 g/mol. The van der Waals surface area contributed by atoms with Gasteiger partial charge in [-0.15, -0.1) is 11.3 Å². The summed E-state index contributed by atoms with van der Waals surface area (Å²) in [7, 11) is 0. The van der Waals surface area contributed by atoms with Gasteiger partial charge >= 0.3 is 0 Å². The molecule has 3 aromatic heterocycles. The van der Waals surface area contributed by atoms with Crippen molar-refractivity contribution in [1.82, 2.24) is 20.0 Å². The summed E-state index contributed by atoms with van der Waals surface area (Å²) in [6.45, 7) is 5.14. The van der Waals surface area contributed by atoms with E-state index in [1.165, 1.54) is 11.3 Å². The van der Waals surface area contributed by atoms with Crippen molar-refractivity contribution in [2.24, 2.45) is 0 Å². The molecule has 0 atom stereocenters. The summed E-state index contributed by atoms with van der Waals surface area (Å²) in [6, 6.07) is 3.82. The first-order valence-corrected chi connectivity index (χ1v) is 9.55. The molecule has 0 aromatic carbocycles. The molecule has 1 aliphatic rings. The van der Waals surface area contributed by atoms with E-state index in [9.17, 15) is 4.79 Å². The van der Waals surface area contributed by atoms with Crippen molar-refractivity contribution in [1.29, 1.82) is 0 Å². The molecule has 3 aromatic rings. The Kier molecular flexibility index (Phi) is 4.58. The van der Waals surface area contributed by atoms with E-state index in [-0.39, 0.29) is 11.8 Å². The molecule has 4 rings (SSSR count). The van der Waals surface area contributed by atoms with Gasteiger partial charge in [0.2, 0.25) is 11.8 Å². The summed E-state index contributed by atoms with van der Waals surface area (Å²) in [6.07, 6.45) is 2.02. The Balaban J connectivity index is 1.34. The molecule has 1 amide bonds. The molecule has 26 heavy (non-hydrogen) atoms. The van der Waals surface area contributed by atoms with Crippen LogP contribution in [0.25, 0.3) is 10.8 Å². The van der Waals surface area contributed by atoms with Crippen LogP contribution in [-0.2, 0) is 11.2 Å². The van der Waals surface area contributed by atoms with Crippen LogP contribution < -0.4 is 0 Å². The smallest absolute Gasteiger partial charge is 0.229 e. The predicted molar refractivity (Wildman–Crippen MR) is 95.8 cm³/mol. The maximum absolute atomic E-state index is 12.6. The second kappa shape index (κ2) is 7.03. The number of amides is 1. The fourth-order valence-electron chi connectivity index (χ4n) is 3.17. The van der Waals surface area contributed by atoms with Crippen LogP contribution in [0, 0.1) is 13.8 Å². The first kappa shape index (κ1) is 17.0. The normalized spacial score (nSPS) is 15.5. The SMILES string of the molecule is Cc1noc(C2CCN(C(=O)Cc3csc(-c4ccc(C)o4)n3)CC2)n1. The number of aromatic nitrogens is 3. The van der Waals surface area contributed by atoms with Crippen LogP contribution >= 0.6 is 11.3 Å². The van der Waals surface area contributed by atoms with E-state index in [0.29, 0.717) is 31.2 Å². The predicted octanol–water partition coefficient (Wildman–Crippen LogP) is 3.35. The molecule has 0 aliphatic carbocycles. The minimum Gasteiger partial charge on any atom is -0.459 e. The third kappa shape index (κ3) is 3.55. The van der Waals surface area contributed by atoms with Gasteiger partial charge < -0.3 is 13.8 Å². The Morgan fingerprint density at radius 1 is 1.27 bits per heavy atom. The van der Waals surface area contributed by atoms with Crippen LogP contribution in [0.15, 0.2) is 26.5 Å². The highest BCUT2D eigenvalue weighted by atomic mass is 32.1. The number of hydrogen-bond acceptors (Lipinski definition) is 7. The first-order chi connectivity index (χ1) is 12.6. The fraction of sp³-hybridized carbons (Fsp3) is 0.444. The topological polar surface area (TPSA) is 85.3 Å². The maximum atomic E-state index is 12.6. The van der Waals surface area contributed by atoms with Crippen LogP contribution in [0.4, 0.5) is 0 Å². The van der Waals surface area contributed by atoms with Gasteiger partial charge in [-0.05, 0) is 38.8 Å². The molecule has 0 N–H and O–H groups in total. The summed E-state index contributed by atoms with van der Waals surface area (Å²) in [5, 5.41) is 6.59. The van der Waals surface area contributed by atoms with Crippen molar-refractivity contribution in [2.75, 3.05) is 13.1 Å². The van der Waals surface area contributed by atoms with E-state index in [1.54, 1.807) is 0 Å². The number of carbonyl (C=O) groups is 1. The second-order valence-corrected chi connectivity index (χ2v) is 7.42. The number of likely N-dealkylation sites (tertiary alicyclic amines) is 1. The molecule has 0 unspecified atom stereocenters. The van der Waals surface area contributed by atoms with Crippen molar-refractivity contribution in [3.63, 3.8) is 0 Å². The van der Waals surface area contributed by atoms with E-state index in [0.717, 1.165) is 35.1 Å². The zero-order chi connectivity index (χ0) is 18.1. The molecule has 0 saturated carbocycles. The van der Waals surface area contributed by atoms with Crippen molar-refractivity contribution < 1.29 is 13.7 Å². The molecule has 8 heteroatoms. The Bertz CT molecular complexity index is 905. The monoisotopic (exact) mass is 372 g/mol. The molecule has 136 valence electrons. The standard InChI is InChI=1S/C18H20N4O3S/c1-11-3-4-15(24-11)18-20-14(10-26-18)9-16(23)22-7-5-13(6-8-22)17-19-12(2)21-25-17/h3-4,10,13H,5-9H2,1-2H3. The van der Waals surface area contributed by atoms with Gasteiger partial charge in [0.05, 0.1) is 12.1 Å². The van der Waals surface area contributed by atoms with Crippen molar-refractivity contribution in [3.8, 4) is 10.8 Å². The maximum Gasteiger partial charge on any atom is 0.229 e. The summed E-state index contributed by atoms with van der Waals surface area (Å²) in [4.78, 5) is 23.3. The fourth-order valence-corrected chi connectivity index (χ4v) is 3.95. The summed E-state index contributed by atoms with van der Waals surface area (Å²) < 4.78 is 10.9. The number of piperidine rings is 1. The zero-order valence-corrected chi connectivity index (χ0v) is 15.6. The summed E-state index contributed by atoms with van der Waals surface area (Å²) in [5.41, 5.74) is 0.790. The van der Waals surface area contributed by atoms with E-state index in [1.807, 2.05) is 36.3 Å². The lowest BCUT2D eigenvalue weighted by Gasteiger charge is -2.30. The van der Waals surface area contributed by atoms with Crippen LogP contribution in [0.1, 0.15) is 41.9 Å². The lowest BCUT2D eigenvalue weighted by Crippen LogP contribution is -2.38. The van der Waals surface area contributed by atoms with E-state index in [4.69, 9.17) is 8.94 Å². The third-order valence-electron chi connectivity index (χ3n) is 4.58. The minimum atomic E-state index is 0.109. The van der Waals surface area contributed by atoms with Crippen molar-refractivity contribution >= 4 is 17.2 Å². The molecule has 4 heterocycles. The average Bonchev–Trinajstić information content (AvgIpc) is 3.36. The van der Waals surface area contributed by atoms with Gasteiger partial charge in [0.15, 0.2) is 16.6 Å². The van der Waals surface area contributed by atoms with Gasteiger partial charge in [-0.3, -0.25) is 4.79 Å². The van der Waals surface area contributed by atoms with Gasteiger partial charge in [-0.1, -0.05) is 5.16 Å². The largest absolute Gasteiger partial charge is 0.459 e. The molecular weight excluding hydrogens is 352 g/mol. The Labute approximate surface area is 155 Å². The van der Waals surface area contributed by atoms with Crippen LogP contribution in [0.2, 0.25) is 0 Å². The van der Waals surface area contributed by atoms with Gasteiger partial charge in [-0.2, -0.15) is 4.98 Å². The van der Waals surface area contributed by atoms with Gasteiger partial charge in [-0.25, -0.2) is 4.98 Å². The molecule has 0 spiro atoms. The zero-order valence-electron chi connectivity index (χ0n) is 14.8. The number of nitrogens with zero attached hydrogens (tertiary/aromatic N) is 4. The molecule has 1 aliphatic heterocycles. The number of rotatable bonds is 4. The highest BCUT2D eigenvalue weighted by molar-refractivity contribution is 7.13. The second-order valence-electron chi connectivity index (χ2n) is 6.57.